The second-order valence-corrected chi connectivity index (χ2v) is 3.97. The molecule has 1 aliphatic carbocycles. The number of rotatable bonds is 0. The van der Waals surface area contributed by atoms with Crippen molar-refractivity contribution in [1.82, 2.24) is 0 Å². The summed E-state index contributed by atoms with van der Waals surface area (Å²) >= 11 is 0. The number of aryl methyl sites for hydroxylation is 1. The molecule has 0 aromatic heterocycles. The summed E-state index contributed by atoms with van der Waals surface area (Å²) in [6, 6.07) is 6.65. The van der Waals surface area contributed by atoms with E-state index in [1.54, 1.807) is 0 Å². The van der Waals surface area contributed by atoms with E-state index in [4.69, 9.17) is 1.37 Å². The highest BCUT2D eigenvalue weighted by molar-refractivity contribution is 5.37. The first-order valence-electron chi connectivity index (χ1n) is 4.70. The Bertz CT molecular complexity index is 313. The van der Waals surface area contributed by atoms with Crippen molar-refractivity contribution in [1.29, 1.82) is 0 Å². The Morgan fingerprint density at radius 1 is 1.45 bits per heavy atom. The average Bonchev–Trinajstić information content (AvgIpc) is 2.28. The van der Waals surface area contributed by atoms with Gasteiger partial charge in [-0.05, 0) is 29.4 Å². The van der Waals surface area contributed by atoms with Crippen molar-refractivity contribution in [3.8, 4) is 0 Å². The molecule has 0 radical (unpaired) electrons. The molecule has 1 aliphatic rings. The first-order chi connectivity index (χ1) is 5.59. The molecule has 11 heavy (non-hydrogen) atoms. The van der Waals surface area contributed by atoms with Crippen molar-refractivity contribution >= 4 is 0 Å². The SMILES string of the molecule is [2H]c1ccc2c(c1)C(C)(C)CC2. The number of hydrogen-bond donors (Lipinski definition) is 0. The maximum absolute atomic E-state index is 7.54. The van der Waals surface area contributed by atoms with E-state index in [0.29, 0.717) is 11.5 Å². The van der Waals surface area contributed by atoms with Gasteiger partial charge in [0.25, 0.3) is 0 Å². The fraction of sp³-hybridized carbons (Fsp3) is 0.455. The average molecular weight is 147 g/mol. The standard InChI is InChI=1S/C11H14/c1-11(2)8-7-9-5-3-4-6-10(9)11/h3-6H,7-8H2,1-2H3/i4D. The van der Waals surface area contributed by atoms with Gasteiger partial charge in [0.2, 0.25) is 0 Å². The smallest absolute Gasteiger partial charge is 0.0620 e. The minimum atomic E-state index is 0.298. The molecule has 0 spiro atoms. The summed E-state index contributed by atoms with van der Waals surface area (Å²) in [7, 11) is 0. The van der Waals surface area contributed by atoms with Crippen molar-refractivity contribution in [2.75, 3.05) is 0 Å². The molecular formula is C11H14. The lowest BCUT2D eigenvalue weighted by Crippen LogP contribution is -2.11. The van der Waals surface area contributed by atoms with Crippen LogP contribution in [-0.4, -0.2) is 0 Å². The largest absolute Gasteiger partial charge is 0.0623 e. The molecule has 0 saturated heterocycles. The zero-order valence-corrected chi connectivity index (χ0v) is 7.15. The Kier molecular flexibility index (Phi) is 1.11. The third-order valence-electron chi connectivity index (χ3n) is 2.70. The number of benzene rings is 1. The second-order valence-electron chi connectivity index (χ2n) is 3.97. The van der Waals surface area contributed by atoms with Crippen LogP contribution in [0.5, 0.6) is 0 Å². The topological polar surface area (TPSA) is 0 Å². The summed E-state index contributed by atoms with van der Waals surface area (Å²) in [5.41, 5.74) is 3.12. The van der Waals surface area contributed by atoms with Crippen LogP contribution >= 0.6 is 0 Å². The van der Waals surface area contributed by atoms with Gasteiger partial charge in [-0.3, -0.25) is 0 Å². The highest BCUT2D eigenvalue weighted by Crippen LogP contribution is 2.37. The second kappa shape index (κ2) is 2.10. The third kappa shape index (κ3) is 0.973. The lowest BCUT2D eigenvalue weighted by Gasteiger charge is -2.18. The van der Waals surface area contributed by atoms with E-state index in [9.17, 15) is 0 Å². The van der Waals surface area contributed by atoms with Crippen LogP contribution < -0.4 is 0 Å². The molecule has 0 atom stereocenters. The van der Waals surface area contributed by atoms with Crippen molar-refractivity contribution in [3.05, 3.63) is 35.4 Å². The van der Waals surface area contributed by atoms with Gasteiger partial charge in [-0.15, -0.1) is 0 Å². The van der Waals surface area contributed by atoms with Crippen LogP contribution in [0.3, 0.4) is 0 Å². The minimum Gasteiger partial charge on any atom is -0.0620 e. The van der Waals surface area contributed by atoms with Gasteiger partial charge in [0.1, 0.15) is 0 Å². The Labute approximate surface area is 69.7 Å². The van der Waals surface area contributed by atoms with Gasteiger partial charge < -0.3 is 0 Å². The molecule has 0 N–H and O–H groups in total. The first-order valence-corrected chi connectivity index (χ1v) is 4.20. The van der Waals surface area contributed by atoms with E-state index in [2.05, 4.69) is 19.9 Å². The maximum atomic E-state index is 7.54. The summed E-state index contributed by atoms with van der Waals surface area (Å²) in [5, 5.41) is 0. The lowest BCUT2D eigenvalue weighted by molar-refractivity contribution is 0.522. The van der Waals surface area contributed by atoms with Crippen LogP contribution in [-0.2, 0) is 11.8 Å². The van der Waals surface area contributed by atoms with Crippen molar-refractivity contribution in [2.24, 2.45) is 0 Å². The van der Waals surface area contributed by atoms with Crippen LogP contribution in [0.2, 0.25) is 0 Å². The highest BCUT2D eigenvalue weighted by atomic mass is 14.3. The molecular weight excluding hydrogens is 132 g/mol. The molecule has 1 aromatic carbocycles. The Morgan fingerprint density at radius 2 is 2.27 bits per heavy atom. The van der Waals surface area contributed by atoms with Gasteiger partial charge in [0.05, 0.1) is 1.37 Å². The molecule has 0 aliphatic heterocycles. The molecule has 0 saturated carbocycles. The van der Waals surface area contributed by atoms with Gasteiger partial charge in [-0.2, -0.15) is 0 Å². The maximum Gasteiger partial charge on any atom is 0.0623 e. The molecule has 0 heteroatoms. The lowest BCUT2D eigenvalue weighted by atomic mass is 9.87. The van der Waals surface area contributed by atoms with Crippen molar-refractivity contribution < 1.29 is 1.37 Å². The number of hydrogen-bond acceptors (Lipinski definition) is 0. The van der Waals surface area contributed by atoms with Gasteiger partial charge >= 0.3 is 0 Å². The molecule has 0 amide bonds. The summed E-state index contributed by atoms with van der Waals surface area (Å²) in [6.07, 6.45) is 2.41. The quantitative estimate of drug-likeness (QED) is 0.529. The number of fused-ring (bicyclic) bond motifs is 1. The summed E-state index contributed by atoms with van der Waals surface area (Å²) in [6.45, 7) is 4.52. The van der Waals surface area contributed by atoms with Crippen molar-refractivity contribution in [2.45, 2.75) is 32.1 Å². The Morgan fingerprint density at radius 3 is 3.09 bits per heavy atom. The van der Waals surface area contributed by atoms with Gasteiger partial charge in [0, 0.05) is 0 Å². The summed E-state index contributed by atoms with van der Waals surface area (Å²) in [5.74, 6) is 0. The predicted molar refractivity (Wildman–Crippen MR) is 47.8 cm³/mol. The van der Waals surface area contributed by atoms with E-state index >= 15 is 0 Å². The fourth-order valence-electron chi connectivity index (χ4n) is 1.89. The zero-order chi connectivity index (χ0) is 8.77. The third-order valence-corrected chi connectivity index (χ3v) is 2.70. The zero-order valence-electron chi connectivity index (χ0n) is 8.15. The van der Waals surface area contributed by atoms with Crippen LogP contribution in [0.25, 0.3) is 0 Å². The van der Waals surface area contributed by atoms with Gasteiger partial charge in [-0.25, -0.2) is 0 Å². The predicted octanol–water partition coefficient (Wildman–Crippen LogP) is 2.91. The molecule has 0 heterocycles. The van der Waals surface area contributed by atoms with Crippen LogP contribution in [0.15, 0.2) is 24.2 Å². The minimum absolute atomic E-state index is 0.298. The van der Waals surface area contributed by atoms with E-state index in [0.717, 1.165) is 0 Å². The van der Waals surface area contributed by atoms with E-state index < -0.39 is 0 Å². The van der Waals surface area contributed by atoms with Crippen molar-refractivity contribution in [3.63, 3.8) is 0 Å². The molecule has 0 nitrogen and oxygen atoms in total. The fourth-order valence-corrected chi connectivity index (χ4v) is 1.89. The monoisotopic (exact) mass is 147 g/mol. The summed E-state index contributed by atoms with van der Waals surface area (Å²) < 4.78 is 7.54. The Balaban J connectivity index is 2.57. The van der Waals surface area contributed by atoms with E-state index in [-0.39, 0.29) is 0 Å². The summed E-state index contributed by atoms with van der Waals surface area (Å²) in [4.78, 5) is 0. The van der Waals surface area contributed by atoms with Crippen LogP contribution in [0, 0.1) is 0 Å². The van der Waals surface area contributed by atoms with Gasteiger partial charge in [-0.1, -0.05) is 38.1 Å². The highest BCUT2D eigenvalue weighted by Gasteiger charge is 2.28. The van der Waals surface area contributed by atoms with Crippen LogP contribution in [0.4, 0.5) is 0 Å². The molecule has 58 valence electrons. The molecule has 1 aromatic rings. The normalized spacial score (nSPS) is 21.1. The van der Waals surface area contributed by atoms with E-state index in [1.807, 2.05) is 12.1 Å². The molecule has 2 rings (SSSR count). The van der Waals surface area contributed by atoms with Crippen LogP contribution in [0.1, 0.15) is 32.8 Å². The van der Waals surface area contributed by atoms with E-state index in [1.165, 1.54) is 24.0 Å². The molecule has 0 unspecified atom stereocenters. The van der Waals surface area contributed by atoms with Gasteiger partial charge in [0.15, 0.2) is 0 Å². The molecule has 0 bridgehead atoms. The first kappa shape index (κ1) is 5.82. The Hall–Kier alpha value is -0.780. The molecule has 0 fully saturated rings.